The number of ether oxygens (including phenoxy) is 1. The Kier molecular flexibility index (Phi) is 6.14. The molecule has 1 heterocycles. The summed E-state index contributed by atoms with van der Waals surface area (Å²) in [5, 5.41) is 0. The van der Waals surface area contributed by atoms with Gasteiger partial charge in [-0.1, -0.05) is 18.2 Å². The SMILES string of the molecule is Cc1oc(-c2ccccc2)nc1COC(=O)c1ccc(S(=O)(=O)NC(C)C)cc1. The molecule has 0 radical (unpaired) electrons. The number of rotatable bonds is 7. The molecule has 0 aliphatic rings. The van der Waals surface area contributed by atoms with Gasteiger partial charge >= 0.3 is 5.97 Å². The highest BCUT2D eigenvalue weighted by atomic mass is 32.2. The largest absolute Gasteiger partial charge is 0.455 e. The highest BCUT2D eigenvalue weighted by Gasteiger charge is 2.17. The monoisotopic (exact) mass is 414 g/mol. The first-order valence-electron chi connectivity index (χ1n) is 9.07. The van der Waals surface area contributed by atoms with E-state index < -0.39 is 16.0 Å². The molecule has 2 aromatic carbocycles. The number of aromatic nitrogens is 1. The zero-order valence-electron chi connectivity index (χ0n) is 16.4. The number of hydrogen-bond acceptors (Lipinski definition) is 6. The standard InChI is InChI=1S/C21H22N2O5S/c1-14(2)23-29(25,26)18-11-9-17(10-12-18)21(24)27-13-19-15(3)28-20(22-19)16-7-5-4-6-8-16/h4-12,14,23H,13H2,1-3H3. The summed E-state index contributed by atoms with van der Waals surface area (Å²) in [4.78, 5) is 16.8. The molecule has 0 amide bonds. The number of hydrogen-bond donors (Lipinski definition) is 1. The normalized spacial score (nSPS) is 11.6. The van der Waals surface area contributed by atoms with Crippen LogP contribution in [0.5, 0.6) is 0 Å². The lowest BCUT2D eigenvalue weighted by molar-refractivity contribution is 0.0467. The molecule has 0 spiro atoms. The Hall–Kier alpha value is -2.97. The third-order valence-corrected chi connectivity index (χ3v) is 5.72. The summed E-state index contributed by atoms with van der Waals surface area (Å²) in [5.74, 6) is 0.452. The summed E-state index contributed by atoms with van der Waals surface area (Å²) in [6.45, 7) is 5.18. The zero-order chi connectivity index (χ0) is 21.0. The van der Waals surface area contributed by atoms with E-state index in [1.54, 1.807) is 20.8 Å². The van der Waals surface area contributed by atoms with Crippen LogP contribution in [-0.2, 0) is 21.4 Å². The van der Waals surface area contributed by atoms with Crippen molar-refractivity contribution in [2.75, 3.05) is 0 Å². The molecule has 8 heteroatoms. The van der Waals surface area contributed by atoms with Crippen LogP contribution in [-0.4, -0.2) is 25.4 Å². The molecule has 0 saturated carbocycles. The molecule has 152 valence electrons. The third kappa shape index (κ3) is 5.10. The van der Waals surface area contributed by atoms with E-state index in [0.29, 0.717) is 17.3 Å². The number of carbonyl (C=O) groups excluding carboxylic acids is 1. The number of nitrogens with zero attached hydrogens (tertiary/aromatic N) is 1. The maximum Gasteiger partial charge on any atom is 0.338 e. The first kappa shape index (κ1) is 20.8. The van der Waals surface area contributed by atoms with Crippen molar-refractivity contribution in [2.24, 2.45) is 0 Å². The summed E-state index contributed by atoms with van der Waals surface area (Å²) < 4.78 is 37.7. The van der Waals surface area contributed by atoms with Crippen LogP contribution in [0.4, 0.5) is 0 Å². The van der Waals surface area contributed by atoms with Gasteiger partial charge in [0.15, 0.2) is 0 Å². The number of benzene rings is 2. The first-order valence-corrected chi connectivity index (χ1v) is 10.6. The lowest BCUT2D eigenvalue weighted by atomic mass is 10.2. The van der Waals surface area contributed by atoms with Crippen molar-refractivity contribution in [1.29, 1.82) is 0 Å². The van der Waals surface area contributed by atoms with Crippen LogP contribution >= 0.6 is 0 Å². The molecule has 0 bridgehead atoms. The summed E-state index contributed by atoms with van der Waals surface area (Å²) in [6, 6.07) is 14.8. The van der Waals surface area contributed by atoms with Gasteiger partial charge in [-0.25, -0.2) is 22.9 Å². The van der Waals surface area contributed by atoms with E-state index in [9.17, 15) is 13.2 Å². The molecule has 0 unspecified atom stereocenters. The summed E-state index contributed by atoms with van der Waals surface area (Å²) >= 11 is 0. The van der Waals surface area contributed by atoms with Gasteiger partial charge in [-0.15, -0.1) is 0 Å². The average Bonchev–Trinajstić information content (AvgIpc) is 3.06. The molecule has 3 rings (SSSR count). The van der Waals surface area contributed by atoms with Crippen molar-refractivity contribution >= 4 is 16.0 Å². The van der Waals surface area contributed by atoms with Gasteiger partial charge in [0.1, 0.15) is 18.1 Å². The van der Waals surface area contributed by atoms with Crippen LogP contribution in [0.3, 0.4) is 0 Å². The fourth-order valence-electron chi connectivity index (χ4n) is 2.63. The van der Waals surface area contributed by atoms with Crippen LogP contribution in [0.1, 0.15) is 35.7 Å². The number of esters is 1. The molecule has 0 aliphatic heterocycles. The van der Waals surface area contributed by atoms with Gasteiger partial charge in [0, 0.05) is 11.6 Å². The fourth-order valence-corrected chi connectivity index (χ4v) is 3.88. The summed E-state index contributed by atoms with van der Waals surface area (Å²) in [7, 11) is -3.61. The van der Waals surface area contributed by atoms with Gasteiger partial charge in [0.25, 0.3) is 0 Å². The van der Waals surface area contributed by atoms with Crippen molar-refractivity contribution in [2.45, 2.75) is 38.3 Å². The van der Waals surface area contributed by atoms with Crippen molar-refractivity contribution in [3.63, 3.8) is 0 Å². The molecule has 0 atom stereocenters. The Morgan fingerprint density at radius 3 is 2.38 bits per heavy atom. The van der Waals surface area contributed by atoms with E-state index in [1.165, 1.54) is 24.3 Å². The maximum absolute atomic E-state index is 12.3. The Balaban J connectivity index is 1.66. The number of nitrogens with one attached hydrogen (secondary N) is 1. The highest BCUT2D eigenvalue weighted by Crippen LogP contribution is 2.22. The highest BCUT2D eigenvalue weighted by molar-refractivity contribution is 7.89. The molecule has 3 aromatic rings. The summed E-state index contributed by atoms with van der Waals surface area (Å²) in [5.41, 5.74) is 1.61. The van der Waals surface area contributed by atoms with Gasteiger partial charge in [-0.2, -0.15) is 0 Å². The smallest absolute Gasteiger partial charge is 0.338 e. The lowest BCUT2D eigenvalue weighted by Crippen LogP contribution is -2.30. The molecule has 29 heavy (non-hydrogen) atoms. The van der Waals surface area contributed by atoms with Crippen LogP contribution in [0.2, 0.25) is 0 Å². The van der Waals surface area contributed by atoms with E-state index >= 15 is 0 Å². The van der Waals surface area contributed by atoms with Gasteiger partial charge in [0.2, 0.25) is 15.9 Å². The topological polar surface area (TPSA) is 98.5 Å². The molecule has 0 aliphatic carbocycles. The van der Waals surface area contributed by atoms with Crippen molar-refractivity contribution in [3.05, 3.63) is 71.6 Å². The van der Waals surface area contributed by atoms with Gasteiger partial charge in [0.05, 0.1) is 10.5 Å². The van der Waals surface area contributed by atoms with E-state index in [2.05, 4.69) is 9.71 Å². The molecule has 1 N–H and O–H groups in total. The van der Waals surface area contributed by atoms with Crippen LogP contribution < -0.4 is 4.72 Å². The quantitative estimate of drug-likeness (QED) is 0.592. The van der Waals surface area contributed by atoms with Crippen molar-refractivity contribution in [1.82, 2.24) is 9.71 Å². The van der Waals surface area contributed by atoms with Crippen LogP contribution in [0.25, 0.3) is 11.5 Å². The number of sulfonamides is 1. The van der Waals surface area contributed by atoms with Gasteiger partial charge in [-0.05, 0) is 57.2 Å². The predicted molar refractivity (Wildman–Crippen MR) is 108 cm³/mol. The fraction of sp³-hybridized carbons (Fsp3) is 0.238. The number of carbonyl (C=O) groups is 1. The van der Waals surface area contributed by atoms with Crippen LogP contribution in [0, 0.1) is 6.92 Å². The second-order valence-corrected chi connectivity index (χ2v) is 8.48. The van der Waals surface area contributed by atoms with E-state index in [-0.39, 0.29) is 23.1 Å². The molecule has 7 nitrogen and oxygen atoms in total. The second kappa shape index (κ2) is 8.59. The molecule has 0 saturated heterocycles. The van der Waals surface area contributed by atoms with E-state index in [4.69, 9.17) is 9.15 Å². The Labute approximate surface area is 169 Å². The molecular formula is C21H22N2O5S. The van der Waals surface area contributed by atoms with Crippen molar-refractivity contribution < 1.29 is 22.4 Å². The molecular weight excluding hydrogens is 392 g/mol. The lowest BCUT2D eigenvalue weighted by Gasteiger charge is -2.10. The van der Waals surface area contributed by atoms with E-state index in [1.807, 2.05) is 30.3 Å². The van der Waals surface area contributed by atoms with Crippen LogP contribution in [0.15, 0.2) is 63.9 Å². The Morgan fingerprint density at radius 2 is 1.76 bits per heavy atom. The van der Waals surface area contributed by atoms with Gasteiger partial charge < -0.3 is 9.15 Å². The summed E-state index contributed by atoms with van der Waals surface area (Å²) in [6.07, 6.45) is 0. The minimum absolute atomic E-state index is 0.0457. The molecule has 1 aromatic heterocycles. The average molecular weight is 414 g/mol. The maximum atomic E-state index is 12.3. The minimum atomic E-state index is -3.61. The minimum Gasteiger partial charge on any atom is -0.455 e. The van der Waals surface area contributed by atoms with Crippen molar-refractivity contribution in [3.8, 4) is 11.5 Å². The zero-order valence-corrected chi connectivity index (χ0v) is 17.2. The predicted octanol–water partition coefficient (Wildman–Crippen LogP) is 3.69. The number of aryl methyl sites for hydroxylation is 1. The molecule has 0 fully saturated rings. The second-order valence-electron chi connectivity index (χ2n) is 6.76. The number of oxazole rings is 1. The van der Waals surface area contributed by atoms with E-state index in [0.717, 1.165) is 5.56 Å². The first-order chi connectivity index (χ1) is 13.8. The Bertz CT molecular complexity index is 1090. The Morgan fingerprint density at radius 1 is 1.10 bits per heavy atom. The van der Waals surface area contributed by atoms with Gasteiger partial charge in [-0.3, -0.25) is 0 Å². The third-order valence-electron chi connectivity index (χ3n) is 4.04.